The van der Waals surface area contributed by atoms with Crippen molar-refractivity contribution in [1.82, 2.24) is 0 Å². The molecule has 0 amide bonds. The van der Waals surface area contributed by atoms with Crippen LogP contribution in [0, 0.1) is 6.92 Å². The Balaban J connectivity index is 2.31. The van der Waals surface area contributed by atoms with Crippen LogP contribution in [0.3, 0.4) is 0 Å². The maximum absolute atomic E-state index is 11.1. The molecule has 2 heteroatoms. The number of carbonyl (C=O) groups excluding carboxylic acids is 1. The zero-order valence-corrected chi connectivity index (χ0v) is 9.03. The van der Waals surface area contributed by atoms with Crippen molar-refractivity contribution in [3.63, 3.8) is 0 Å². The van der Waals surface area contributed by atoms with Crippen LogP contribution in [0.15, 0.2) is 36.9 Å². The van der Waals surface area contributed by atoms with Gasteiger partial charge in [-0.25, -0.2) is 0 Å². The molecular formula is C13H16O2. The van der Waals surface area contributed by atoms with Gasteiger partial charge in [-0.1, -0.05) is 18.2 Å². The standard InChI is InChI=1S/C13H16O2/c1-3-5-12(14)8-9-15-13-7-4-6-11(2)10-13/h3-4,6-7,10H,1,5,8-9H2,2H3. The average molecular weight is 204 g/mol. The summed E-state index contributed by atoms with van der Waals surface area (Å²) in [7, 11) is 0. The molecule has 1 aromatic rings. The minimum absolute atomic E-state index is 0.164. The van der Waals surface area contributed by atoms with E-state index in [2.05, 4.69) is 6.58 Å². The van der Waals surface area contributed by atoms with Gasteiger partial charge in [0, 0.05) is 12.8 Å². The van der Waals surface area contributed by atoms with Gasteiger partial charge in [0.25, 0.3) is 0 Å². The van der Waals surface area contributed by atoms with E-state index in [1.54, 1.807) is 6.08 Å². The SMILES string of the molecule is C=CCC(=O)CCOc1cccc(C)c1. The molecule has 0 saturated carbocycles. The third-order valence-electron chi connectivity index (χ3n) is 2.01. The smallest absolute Gasteiger partial charge is 0.140 e. The zero-order valence-electron chi connectivity index (χ0n) is 9.03. The number of benzene rings is 1. The number of aryl methyl sites for hydroxylation is 1. The van der Waals surface area contributed by atoms with Crippen LogP contribution in [-0.4, -0.2) is 12.4 Å². The van der Waals surface area contributed by atoms with E-state index in [4.69, 9.17) is 4.74 Å². The molecule has 0 unspecified atom stereocenters. The van der Waals surface area contributed by atoms with Gasteiger partial charge >= 0.3 is 0 Å². The van der Waals surface area contributed by atoms with Gasteiger partial charge in [-0.15, -0.1) is 6.58 Å². The lowest BCUT2D eigenvalue weighted by Gasteiger charge is -2.05. The number of hydrogen-bond acceptors (Lipinski definition) is 2. The summed E-state index contributed by atoms with van der Waals surface area (Å²) < 4.78 is 5.45. The molecule has 0 fully saturated rings. The zero-order chi connectivity index (χ0) is 11.1. The molecule has 0 N–H and O–H groups in total. The Morgan fingerprint density at radius 1 is 1.53 bits per heavy atom. The van der Waals surface area contributed by atoms with Crippen molar-refractivity contribution in [3.8, 4) is 5.75 Å². The van der Waals surface area contributed by atoms with Gasteiger partial charge in [0.1, 0.15) is 11.5 Å². The Morgan fingerprint density at radius 3 is 3.00 bits per heavy atom. The molecule has 1 aromatic carbocycles. The Labute approximate surface area is 90.6 Å². The van der Waals surface area contributed by atoms with Crippen molar-refractivity contribution in [2.45, 2.75) is 19.8 Å². The van der Waals surface area contributed by atoms with Crippen molar-refractivity contribution >= 4 is 5.78 Å². The molecule has 0 spiro atoms. The highest BCUT2D eigenvalue weighted by molar-refractivity contribution is 5.79. The van der Waals surface area contributed by atoms with Gasteiger partial charge in [0.15, 0.2) is 0 Å². The quantitative estimate of drug-likeness (QED) is 0.666. The van der Waals surface area contributed by atoms with E-state index in [9.17, 15) is 4.79 Å². The summed E-state index contributed by atoms with van der Waals surface area (Å²) in [5.41, 5.74) is 1.16. The molecule has 15 heavy (non-hydrogen) atoms. The lowest BCUT2D eigenvalue weighted by molar-refractivity contribution is -0.118. The van der Waals surface area contributed by atoms with Crippen LogP contribution in [0.25, 0.3) is 0 Å². The van der Waals surface area contributed by atoms with E-state index in [0.29, 0.717) is 19.4 Å². The van der Waals surface area contributed by atoms with Crippen LogP contribution in [0.5, 0.6) is 5.75 Å². The van der Waals surface area contributed by atoms with E-state index < -0.39 is 0 Å². The van der Waals surface area contributed by atoms with Gasteiger partial charge in [-0.05, 0) is 24.6 Å². The van der Waals surface area contributed by atoms with Crippen LogP contribution in [0.1, 0.15) is 18.4 Å². The van der Waals surface area contributed by atoms with Crippen LogP contribution < -0.4 is 4.74 Å². The highest BCUT2D eigenvalue weighted by atomic mass is 16.5. The second kappa shape index (κ2) is 6.02. The van der Waals surface area contributed by atoms with Crippen molar-refractivity contribution in [2.24, 2.45) is 0 Å². The summed E-state index contributed by atoms with van der Waals surface area (Å²) in [6, 6.07) is 7.80. The molecule has 80 valence electrons. The van der Waals surface area contributed by atoms with Crippen molar-refractivity contribution < 1.29 is 9.53 Å². The van der Waals surface area contributed by atoms with Crippen molar-refractivity contribution in [3.05, 3.63) is 42.5 Å². The summed E-state index contributed by atoms with van der Waals surface area (Å²) in [5.74, 6) is 0.985. The number of Topliss-reactive ketones (excluding diaryl/α,β-unsaturated/α-hetero) is 1. The molecule has 2 nitrogen and oxygen atoms in total. The number of allylic oxidation sites excluding steroid dienone is 1. The Hall–Kier alpha value is -1.57. The van der Waals surface area contributed by atoms with Crippen molar-refractivity contribution in [2.75, 3.05) is 6.61 Å². The van der Waals surface area contributed by atoms with E-state index in [1.165, 1.54) is 0 Å². The molecule has 0 aliphatic heterocycles. The van der Waals surface area contributed by atoms with E-state index >= 15 is 0 Å². The van der Waals surface area contributed by atoms with Crippen LogP contribution in [0.2, 0.25) is 0 Å². The lowest BCUT2D eigenvalue weighted by atomic mass is 10.2. The molecule has 0 atom stereocenters. The molecule has 0 aromatic heterocycles. The second-order valence-electron chi connectivity index (χ2n) is 3.45. The molecule has 0 bridgehead atoms. The highest BCUT2D eigenvalue weighted by Gasteiger charge is 1.99. The summed E-state index contributed by atoms with van der Waals surface area (Å²) in [5, 5.41) is 0. The maximum atomic E-state index is 11.1. The first kappa shape index (κ1) is 11.5. The van der Waals surface area contributed by atoms with Gasteiger partial charge < -0.3 is 4.74 Å². The summed E-state index contributed by atoms with van der Waals surface area (Å²) >= 11 is 0. The van der Waals surface area contributed by atoms with E-state index in [1.807, 2.05) is 31.2 Å². The van der Waals surface area contributed by atoms with Gasteiger partial charge in [-0.2, -0.15) is 0 Å². The second-order valence-corrected chi connectivity index (χ2v) is 3.45. The third-order valence-corrected chi connectivity index (χ3v) is 2.01. The Bertz CT molecular complexity index is 342. The Kier molecular flexibility index (Phi) is 4.61. The third kappa shape index (κ3) is 4.45. The van der Waals surface area contributed by atoms with E-state index in [-0.39, 0.29) is 5.78 Å². The first-order chi connectivity index (χ1) is 7.22. The van der Waals surface area contributed by atoms with Crippen molar-refractivity contribution in [1.29, 1.82) is 0 Å². The fraction of sp³-hybridized carbons (Fsp3) is 0.308. The van der Waals surface area contributed by atoms with Gasteiger partial charge in [0.05, 0.1) is 6.61 Å². The molecule has 1 rings (SSSR count). The van der Waals surface area contributed by atoms with E-state index in [0.717, 1.165) is 11.3 Å². The molecule has 0 radical (unpaired) electrons. The van der Waals surface area contributed by atoms with Crippen LogP contribution >= 0.6 is 0 Å². The fourth-order valence-corrected chi connectivity index (χ4v) is 1.25. The molecule has 0 saturated heterocycles. The number of ketones is 1. The number of hydrogen-bond donors (Lipinski definition) is 0. The maximum Gasteiger partial charge on any atom is 0.140 e. The number of ether oxygens (including phenoxy) is 1. The van der Waals surface area contributed by atoms with Gasteiger partial charge in [-0.3, -0.25) is 4.79 Å². The topological polar surface area (TPSA) is 26.3 Å². The minimum atomic E-state index is 0.164. The molecule has 0 heterocycles. The summed E-state index contributed by atoms with van der Waals surface area (Å²) in [6.07, 6.45) is 2.49. The predicted molar refractivity (Wildman–Crippen MR) is 61.1 cm³/mol. The first-order valence-electron chi connectivity index (χ1n) is 5.04. The molecular weight excluding hydrogens is 188 g/mol. The highest BCUT2D eigenvalue weighted by Crippen LogP contribution is 2.12. The summed E-state index contributed by atoms with van der Waals surface area (Å²) in [4.78, 5) is 11.1. The predicted octanol–water partition coefficient (Wildman–Crippen LogP) is 2.91. The summed E-state index contributed by atoms with van der Waals surface area (Å²) in [6.45, 7) is 5.97. The van der Waals surface area contributed by atoms with Crippen LogP contribution in [0.4, 0.5) is 0 Å². The lowest BCUT2D eigenvalue weighted by Crippen LogP contribution is -2.05. The monoisotopic (exact) mass is 204 g/mol. The Morgan fingerprint density at radius 2 is 2.33 bits per heavy atom. The minimum Gasteiger partial charge on any atom is -0.493 e. The first-order valence-corrected chi connectivity index (χ1v) is 5.04. The average Bonchev–Trinajstić information content (AvgIpc) is 2.18. The number of rotatable bonds is 6. The molecule has 0 aliphatic carbocycles. The van der Waals surface area contributed by atoms with Gasteiger partial charge in [0.2, 0.25) is 0 Å². The normalized spacial score (nSPS) is 9.67. The largest absolute Gasteiger partial charge is 0.493 e. The molecule has 0 aliphatic rings. The number of carbonyl (C=O) groups is 1. The van der Waals surface area contributed by atoms with Crippen LogP contribution in [-0.2, 0) is 4.79 Å². The fourth-order valence-electron chi connectivity index (χ4n) is 1.25.